The van der Waals surface area contributed by atoms with E-state index in [-0.39, 0.29) is 0 Å². The summed E-state index contributed by atoms with van der Waals surface area (Å²) in [5.41, 5.74) is 5.41. The molecule has 136 valence electrons. The number of nitrogens with zero attached hydrogens (tertiary/aromatic N) is 2. The molecular weight excluding hydrogens is 344 g/mol. The standard InChI is InChI=1S/C25H20N2O/c1-26-22-14-8-9-15-24(22)28-25-18-21(16-17-23(25)26)27(19-10-4-2-5-11-19)20-12-6-3-7-13-20/h2-18H,1H3. The van der Waals surface area contributed by atoms with Gasteiger partial charge in [0.2, 0.25) is 0 Å². The first-order chi connectivity index (χ1) is 13.8. The Balaban J connectivity index is 1.62. The first-order valence-electron chi connectivity index (χ1n) is 9.36. The number of benzene rings is 4. The summed E-state index contributed by atoms with van der Waals surface area (Å²) in [6.07, 6.45) is 0. The predicted molar refractivity (Wildman–Crippen MR) is 116 cm³/mol. The predicted octanol–water partition coefficient (Wildman–Crippen LogP) is 7.03. The zero-order valence-corrected chi connectivity index (χ0v) is 15.6. The summed E-state index contributed by atoms with van der Waals surface area (Å²) in [5.74, 6) is 1.73. The Kier molecular flexibility index (Phi) is 3.99. The lowest BCUT2D eigenvalue weighted by Gasteiger charge is -2.31. The van der Waals surface area contributed by atoms with Crippen LogP contribution in [0.1, 0.15) is 0 Å². The van der Waals surface area contributed by atoms with E-state index in [9.17, 15) is 0 Å². The van der Waals surface area contributed by atoms with Crippen LogP contribution >= 0.6 is 0 Å². The molecule has 1 heterocycles. The van der Waals surface area contributed by atoms with Gasteiger partial charge in [-0.25, -0.2) is 0 Å². The van der Waals surface area contributed by atoms with Crippen molar-refractivity contribution in [1.82, 2.24) is 0 Å². The Hall–Kier alpha value is -3.72. The highest BCUT2D eigenvalue weighted by molar-refractivity contribution is 5.83. The van der Waals surface area contributed by atoms with Crippen LogP contribution in [0.4, 0.5) is 28.4 Å². The van der Waals surface area contributed by atoms with E-state index in [0.29, 0.717) is 0 Å². The van der Waals surface area contributed by atoms with Crippen molar-refractivity contribution in [3.8, 4) is 11.5 Å². The highest BCUT2D eigenvalue weighted by atomic mass is 16.5. The molecular formula is C25H20N2O. The fraction of sp³-hybridized carbons (Fsp3) is 0.0400. The summed E-state index contributed by atoms with van der Waals surface area (Å²) in [6.45, 7) is 0. The normalized spacial score (nSPS) is 12.0. The third kappa shape index (κ3) is 2.78. The first kappa shape index (κ1) is 16.5. The van der Waals surface area contributed by atoms with Crippen molar-refractivity contribution in [2.24, 2.45) is 0 Å². The van der Waals surface area contributed by atoms with Gasteiger partial charge in [-0.3, -0.25) is 0 Å². The molecule has 3 nitrogen and oxygen atoms in total. The monoisotopic (exact) mass is 364 g/mol. The maximum atomic E-state index is 6.24. The maximum Gasteiger partial charge on any atom is 0.153 e. The average Bonchev–Trinajstić information content (AvgIpc) is 2.76. The van der Waals surface area contributed by atoms with E-state index in [1.54, 1.807) is 0 Å². The topological polar surface area (TPSA) is 15.7 Å². The molecule has 4 aromatic rings. The van der Waals surface area contributed by atoms with Crippen LogP contribution in [0.5, 0.6) is 11.5 Å². The molecule has 4 aromatic carbocycles. The largest absolute Gasteiger partial charge is 0.453 e. The first-order valence-corrected chi connectivity index (χ1v) is 9.36. The van der Waals surface area contributed by atoms with Gasteiger partial charge >= 0.3 is 0 Å². The molecule has 0 fully saturated rings. The molecule has 1 aliphatic rings. The van der Waals surface area contributed by atoms with Gasteiger partial charge in [-0.2, -0.15) is 0 Å². The number of anilines is 5. The smallest absolute Gasteiger partial charge is 0.153 e. The molecule has 0 unspecified atom stereocenters. The highest BCUT2D eigenvalue weighted by Gasteiger charge is 2.23. The fourth-order valence-corrected chi connectivity index (χ4v) is 3.67. The van der Waals surface area contributed by atoms with Crippen LogP contribution < -0.4 is 14.5 Å². The molecule has 1 aliphatic heterocycles. The molecule has 3 heteroatoms. The zero-order valence-electron chi connectivity index (χ0n) is 15.6. The SMILES string of the molecule is CN1c2ccccc2Oc2cc(N(c3ccccc3)c3ccccc3)ccc21. The minimum Gasteiger partial charge on any atom is -0.453 e. The highest BCUT2D eigenvalue weighted by Crippen LogP contribution is 2.48. The van der Waals surface area contributed by atoms with Crippen LogP contribution in [-0.2, 0) is 0 Å². The summed E-state index contributed by atoms with van der Waals surface area (Å²) in [5, 5.41) is 0. The lowest BCUT2D eigenvalue weighted by atomic mass is 10.1. The number of rotatable bonds is 3. The number of para-hydroxylation sites is 4. The van der Waals surface area contributed by atoms with Crippen molar-refractivity contribution in [2.45, 2.75) is 0 Å². The van der Waals surface area contributed by atoms with E-state index < -0.39 is 0 Å². The third-order valence-electron chi connectivity index (χ3n) is 5.04. The molecule has 0 atom stereocenters. The molecule has 0 saturated carbocycles. The van der Waals surface area contributed by atoms with E-state index >= 15 is 0 Å². The van der Waals surface area contributed by atoms with Crippen LogP contribution in [0, 0.1) is 0 Å². The van der Waals surface area contributed by atoms with Gasteiger partial charge in [0.15, 0.2) is 11.5 Å². The van der Waals surface area contributed by atoms with Crippen molar-refractivity contribution >= 4 is 28.4 Å². The summed E-state index contributed by atoms with van der Waals surface area (Å²) in [7, 11) is 2.08. The minimum absolute atomic E-state index is 0.857. The molecule has 5 rings (SSSR count). The van der Waals surface area contributed by atoms with Crippen molar-refractivity contribution in [2.75, 3.05) is 16.8 Å². The van der Waals surface area contributed by atoms with E-state index in [4.69, 9.17) is 4.74 Å². The Morgan fingerprint density at radius 1 is 0.571 bits per heavy atom. The summed E-state index contributed by atoms with van der Waals surface area (Å²) in [6, 6.07) is 35.3. The van der Waals surface area contributed by atoms with Gasteiger partial charge in [0, 0.05) is 30.2 Å². The second-order valence-corrected chi connectivity index (χ2v) is 6.79. The van der Waals surface area contributed by atoms with Crippen LogP contribution in [0.25, 0.3) is 0 Å². The Bertz CT molecular complexity index is 1070. The Labute approximate surface area is 165 Å². The number of fused-ring (bicyclic) bond motifs is 2. The van der Waals surface area contributed by atoms with Gasteiger partial charge in [-0.05, 0) is 48.5 Å². The summed E-state index contributed by atoms with van der Waals surface area (Å²) in [4.78, 5) is 4.41. The maximum absolute atomic E-state index is 6.24. The summed E-state index contributed by atoms with van der Waals surface area (Å²) < 4.78 is 6.24. The van der Waals surface area contributed by atoms with Crippen molar-refractivity contribution in [3.05, 3.63) is 103 Å². The van der Waals surface area contributed by atoms with Gasteiger partial charge in [0.05, 0.1) is 11.4 Å². The average molecular weight is 364 g/mol. The fourth-order valence-electron chi connectivity index (χ4n) is 3.67. The van der Waals surface area contributed by atoms with E-state index in [2.05, 4.69) is 89.6 Å². The van der Waals surface area contributed by atoms with E-state index in [0.717, 1.165) is 39.9 Å². The molecule has 0 bridgehead atoms. The van der Waals surface area contributed by atoms with Gasteiger partial charge in [0.25, 0.3) is 0 Å². The van der Waals surface area contributed by atoms with Crippen LogP contribution in [-0.4, -0.2) is 7.05 Å². The van der Waals surface area contributed by atoms with Gasteiger partial charge < -0.3 is 14.5 Å². The molecule has 0 aliphatic carbocycles. The van der Waals surface area contributed by atoms with E-state index in [1.807, 2.05) is 30.3 Å². The molecule has 0 saturated heterocycles. The molecule has 0 amide bonds. The second-order valence-electron chi connectivity index (χ2n) is 6.79. The lowest BCUT2D eigenvalue weighted by Crippen LogP contribution is -2.16. The van der Waals surface area contributed by atoms with Gasteiger partial charge in [-0.1, -0.05) is 48.5 Å². The molecule has 0 radical (unpaired) electrons. The minimum atomic E-state index is 0.857. The second kappa shape index (κ2) is 6.78. The molecule has 0 N–H and O–H groups in total. The quantitative estimate of drug-likeness (QED) is 0.388. The molecule has 0 spiro atoms. The van der Waals surface area contributed by atoms with E-state index in [1.165, 1.54) is 0 Å². The molecule has 28 heavy (non-hydrogen) atoms. The Morgan fingerprint density at radius 3 is 1.82 bits per heavy atom. The van der Waals surface area contributed by atoms with Crippen molar-refractivity contribution in [1.29, 1.82) is 0 Å². The summed E-state index contributed by atoms with van der Waals surface area (Å²) >= 11 is 0. The number of hydrogen-bond donors (Lipinski definition) is 0. The van der Waals surface area contributed by atoms with Crippen molar-refractivity contribution < 1.29 is 4.74 Å². The third-order valence-corrected chi connectivity index (χ3v) is 5.04. The van der Waals surface area contributed by atoms with Crippen LogP contribution in [0.3, 0.4) is 0 Å². The number of ether oxygens (including phenoxy) is 1. The molecule has 0 aromatic heterocycles. The lowest BCUT2D eigenvalue weighted by molar-refractivity contribution is 0.476. The van der Waals surface area contributed by atoms with Crippen LogP contribution in [0.15, 0.2) is 103 Å². The zero-order chi connectivity index (χ0) is 18.9. The Morgan fingerprint density at radius 2 is 1.14 bits per heavy atom. The van der Waals surface area contributed by atoms with Gasteiger partial charge in [0.1, 0.15) is 0 Å². The van der Waals surface area contributed by atoms with Crippen molar-refractivity contribution in [3.63, 3.8) is 0 Å². The number of hydrogen-bond acceptors (Lipinski definition) is 3. The van der Waals surface area contributed by atoms with Gasteiger partial charge in [-0.15, -0.1) is 0 Å². The van der Waals surface area contributed by atoms with Crippen LogP contribution in [0.2, 0.25) is 0 Å².